The molecule has 0 aliphatic carbocycles. The van der Waals surface area contributed by atoms with Gasteiger partial charge in [0.25, 0.3) is 5.78 Å². The lowest BCUT2D eigenvalue weighted by molar-refractivity contribution is -0.132. The molecule has 4 aromatic rings. The molecular weight excluding hydrogens is 523 g/mol. The molecule has 0 spiro atoms. The summed E-state index contributed by atoms with van der Waals surface area (Å²) in [6.45, 7) is 1.95. The fourth-order valence-corrected chi connectivity index (χ4v) is 6.10. The number of fused-ring (bicyclic) bond motifs is 2. The van der Waals surface area contributed by atoms with Gasteiger partial charge in [0.15, 0.2) is 16.6 Å². The summed E-state index contributed by atoms with van der Waals surface area (Å²) in [6.07, 6.45) is 0.658. The van der Waals surface area contributed by atoms with Gasteiger partial charge in [0, 0.05) is 12.0 Å². The Balaban J connectivity index is 1.55. The van der Waals surface area contributed by atoms with Crippen molar-refractivity contribution in [2.24, 2.45) is 0 Å². The minimum absolute atomic E-state index is 0.00128. The highest BCUT2D eigenvalue weighted by molar-refractivity contribution is 7.22. The maximum absolute atomic E-state index is 13.9. The van der Waals surface area contributed by atoms with Gasteiger partial charge in [0.05, 0.1) is 36.1 Å². The topological polar surface area (TPSA) is 98.2 Å². The molecule has 3 heterocycles. The number of methoxy groups -OCH3 is 2. The fourth-order valence-electron chi connectivity index (χ4n) is 5.08. The molecule has 2 aliphatic heterocycles. The number of anilines is 1. The van der Waals surface area contributed by atoms with Gasteiger partial charge in [-0.1, -0.05) is 17.4 Å². The molecule has 1 N–H and O–H groups in total. The van der Waals surface area contributed by atoms with Crippen LogP contribution in [0.2, 0.25) is 0 Å². The van der Waals surface area contributed by atoms with Crippen molar-refractivity contribution in [1.82, 2.24) is 4.98 Å². The standard InChI is InChI=1S/C29H23FN2O6S/c1-14-10-17-11-16(5-8-20(17)38-14)26(33)24-25(15-4-9-21(36-2)22(12-15)37-3)32(28(35)27(24)34)29-31-19-7-6-18(30)13-23(19)39-29/h4-9,11-14,25,33H,10H2,1-3H3/t14-,25-/m1/s1. The van der Waals surface area contributed by atoms with Gasteiger partial charge in [0.2, 0.25) is 0 Å². The van der Waals surface area contributed by atoms with E-state index in [0.29, 0.717) is 39.3 Å². The van der Waals surface area contributed by atoms with Crippen molar-refractivity contribution in [3.05, 3.63) is 82.7 Å². The van der Waals surface area contributed by atoms with Crippen LogP contribution >= 0.6 is 11.3 Å². The van der Waals surface area contributed by atoms with Gasteiger partial charge in [-0.2, -0.15) is 0 Å². The highest BCUT2D eigenvalue weighted by Crippen LogP contribution is 2.46. The van der Waals surface area contributed by atoms with Crippen molar-refractivity contribution in [3.8, 4) is 17.2 Å². The number of halogens is 1. The monoisotopic (exact) mass is 546 g/mol. The van der Waals surface area contributed by atoms with Gasteiger partial charge in [-0.3, -0.25) is 14.5 Å². The second kappa shape index (κ2) is 9.39. The van der Waals surface area contributed by atoms with Crippen LogP contribution in [0, 0.1) is 5.82 Å². The molecule has 10 heteroatoms. The summed E-state index contributed by atoms with van der Waals surface area (Å²) in [7, 11) is 2.98. The number of aliphatic hydroxyl groups is 1. The average molecular weight is 547 g/mol. The number of rotatable bonds is 5. The van der Waals surface area contributed by atoms with Gasteiger partial charge < -0.3 is 19.3 Å². The number of hydrogen-bond acceptors (Lipinski definition) is 8. The van der Waals surface area contributed by atoms with Crippen molar-refractivity contribution in [2.45, 2.75) is 25.5 Å². The molecule has 1 saturated heterocycles. The van der Waals surface area contributed by atoms with E-state index in [2.05, 4.69) is 4.98 Å². The quantitative estimate of drug-likeness (QED) is 0.203. The molecular formula is C29H23FN2O6S. The van der Waals surface area contributed by atoms with E-state index in [1.165, 1.54) is 37.3 Å². The number of aliphatic hydroxyl groups excluding tert-OH is 1. The Morgan fingerprint density at radius 2 is 1.87 bits per heavy atom. The Bertz CT molecular complexity index is 1700. The van der Waals surface area contributed by atoms with Crippen LogP contribution in [0.5, 0.6) is 17.2 Å². The van der Waals surface area contributed by atoms with E-state index in [4.69, 9.17) is 14.2 Å². The summed E-state index contributed by atoms with van der Waals surface area (Å²) >= 11 is 1.08. The number of benzene rings is 3. The number of aromatic nitrogens is 1. The van der Waals surface area contributed by atoms with Crippen molar-refractivity contribution < 1.29 is 33.3 Å². The lowest BCUT2D eigenvalue weighted by atomic mass is 9.94. The summed E-state index contributed by atoms with van der Waals surface area (Å²) in [5.41, 5.74) is 2.18. The van der Waals surface area contributed by atoms with Crippen LogP contribution in [0.3, 0.4) is 0 Å². The molecule has 2 aliphatic rings. The van der Waals surface area contributed by atoms with E-state index in [1.807, 2.05) is 6.92 Å². The third-order valence-corrected chi connectivity index (χ3v) is 7.90. The lowest BCUT2D eigenvalue weighted by Gasteiger charge is -2.23. The zero-order valence-electron chi connectivity index (χ0n) is 21.2. The van der Waals surface area contributed by atoms with Crippen molar-refractivity contribution >= 4 is 44.1 Å². The molecule has 8 nitrogen and oxygen atoms in total. The van der Waals surface area contributed by atoms with Crippen LogP contribution in [0.4, 0.5) is 9.52 Å². The highest BCUT2D eigenvalue weighted by atomic mass is 32.1. The highest BCUT2D eigenvalue weighted by Gasteiger charge is 2.48. The smallest absolute Gasteiger partial charge is 0.301 e. The Labute approximate surface area is 226 Å². The molecule has 3 aromatic carbocycles. The molecule has 2 atom stereocenters. The van der Waals surface area contributed by atoms with Crippen LogP contribution in [0.15, 0.2) is 60.2 Å². The molecule has 6 rings (SSSR count). The molecule has 1 fully saturated rings. The summed E-state index contributed by atoms with van der Waals surface area (Å²) in [6, 6.07) is 13.3. The number of amides is 1. The predicted molar refractivity (Wildman–Crippen MR) is 144 cm³/mol. The largest absolute Gasteiger partial charge is 0.507 e. The van der Waals surface area contributed by atoms with Gasteiger partial charge in [-0.05, 0) is 66.6 Å². The number of nitrogens with zero attached hydrogens (tertiary/aromatic N) is 2. The molecule has 0 saturated carbocycles. The Morgan fingerprint density at radius 1 is 1.08 bits per heavy atom. The molecule has 39 heavy (non-hydrogen) atoms. The van der Waals surface area contributed by atoms with E-state index in [-0.39, 0.29) is 22.6 Å². The van der Waals surface area contributed by atoms with E-state index in [1.54, 1.807) is 36.4 Å². The number of Topliss-reactive ketones (excluding diaryl/α,β-unsaturated/α-hetero) is 1. The van der Waals surface area contributed by atoms with Gasteiger partial charge in [0.1, 0.15) is 23.4 Å². The molecule has 1 amide bonds. The van der Waals surface area contributed by atoms with Crippen molar-refractivity contribution in [1.29, 1.82) is 0 Å². The maximum Gasteiger partial charge on any atom is 0.301 e. The summed E-state index contributed by atoms with van der Waals surface area (Å²) in [4.78, 5) is 32.9. The minimum atomic E-state index is -1.03. The number of carbonyl (C=O) groups is 2. The normalized spacial score (nSPS) is 19.8. The Hall–Kier alpha value is -4.44. The van der Waals surface area contributed by atoms with Crippen LogP contribution < -0.4 is 19.1 Å². The molecule has 198 valence electrons. The van der Waals surface area contributed by atoms with Crippen LogP contribution in [0.25, 0.3) is 16.0 Å². The van der Waals surface area contributed by atoms with Crippen LogP contribution in [0.1, 0.15) is 29.7 Å². The van der Waals surface area contributed by atoms with Gasteiger partial charge in [-0.25, -0.2) is 9.37 Å². The van der Waals surface area contributed by atoms with Crippen molar-refractivity contribution in [3.63, 3.8) is 0 Å². The fraction of sp³-hybridized carbons (Fsp3) is 0.207. The first-order chi connectivity index (χ1) is 18.8. The average Bonchev–Trinajstić information content (AvgIpc) is 3.59. The first kappa shape index (κ1) is 24.9. The van der Waals surface area contributed by atoms with Crippen molar-refractivity contribution in [2.75, 3.05) is 19.1 Å². The number of ketones is 1. The number of thiazole rings is 1. The number of hydrogen-bond donors (Lipinski definition) is 1. The number of ether oxygens (including phenoxy) is 3. The SMILES string of the molecule is COc1ccc([C@@H]2C(=C(O)c3ccc4c(c3)C[C@@H](C)O4)C(=O)C(=O)N2c2nc3ccc(F)cc3s2)cc1OC. The Kier molecular flexibility index (Phi) is 5.99. The van der Waals surface area contributed by atoms with E-state index in [0.717, 1.165) is 22.6 Å². The first-order valence-corrected chi connectivity index (χ1v) is 13.0. The number of carbonyl (C=O) groups excluding carboxylic acids is 2. The third kappa shape index (κ3) is 4.08. The van der Waals surface area contributed by atoms with Gasteiger partial charge in [-0.15, -0.1) is 0 Å². The lowest BCUT2D eigenvalue weighted by Crippen LogP contribution is -2.29. The Morgan fingerprint density at radius 3 is 2.64 bits per heavy atom. The van der Waals surface area contributed by atoms with Crippen LogP contribution in [-0.4, -0.2) is 42.1 Å². The van der Waals surface area contributed by atoms with Gasteiger partial charge >= 0.3 is 5.91 Å². The molecule has 0 bridgehead atoms. The molecule has 0 unspecified atom stereocenters. The van der Waals surface area contributed by atoms with Crippen LogP contribution in [-0.2, 0) is 16.0 Å². The van der Waals surface area contributed by atoms with E-state index < -0.39 is 23.5 Å². The first-order valence-electron chi connectivity index (χ1n) is 12.2. The minimum Gasteiger partial charge on any atom is -0.507 e. The summed E-state index contributed by atoms with van der Waals surface area (Å²) < 4.78 is 31.0. The van der Waals surface area contributed by atoms with E-state index in [9.17, 15) is 19.1 Å². The molecule has 1 aromatic heterocycles. The second-order valence-corrected chi connectivity index (χ2v) is 10.4. The maximum atomic E-state index is 13.9. The summed E-state index contributed by atoms with van der Waals surface area (Å²) in [5, 5.41) is 11.7. The predicted octanol–water partition coefficient (Wildman–Crippen LogP) is 5.40. The second-order valence-electron chi connectivity index (χ2n) is 9.35. The zero-order valence-corrected chi connectivity index (χ0v) is 22.0. The zero-order chi connectivity index (χ0) is 27.4. The summed E-state index contributed by atoms with van der Waals surface area (Å²) in [5.74, 6) is -0.900. The molecule has 0 radical (unpaired) electrons. The third-order valence-electron chi connectivity index (χ3n) is 6.88. The van der Waals surface area contributed by atoms with E-state index >= 15 is 0 Å².